The molecule has 4 nitrogen and oxygen atoms in total. The number of nitrogens with one attached hydrogen (secondary N) is 1. The molecule has 0 aromatic carbocycles. The molecule has 2 heterocycles. The standard InChI is InChI=1S/C14H20N2O2S2/c1-10-4-5-12(18-10)13-16-7-11(20-13)6-15-8-14(2,17)9-19-3/h4-5,7,15,17H,6,8-9H2,1-3H3. The summed E-state index contributed by atoms with van der Waals surface area (Å²) >= 11 is 3.26. The summed E-state index contributed by atoms with van der Waals surface area (Å²) in [5, 5.41) is 14.2. The van der Waals surface area contributed by atoms with Crippen molar-refractivity contribution in [2.45, 2.75) is 26.0 Å². The number of hydrogen-bond acceptors (Lipinski definition) is 6. The Morgan fingerprint density at radius 1 is 1.50 bits per heavy atom. The van der Waals surface area contributed by atoms with Gasteiger partial charge in [0.25, 0.3) is 0 Å². The molecule has 6 heteroatoms. The summed E-state index contributed by atoms with van der Waals surface area (Å²) in [6, 6.07) is 3.88. The molecule has 2 aromatic rings. The number of nitrogens with zero attached hydrogens (tertiary/aromatic N) is 1. The average Bonchev–Trinajstić information content (AvgIpc) is 2.97. The van der Waals surface area contributed by atoms with E-state index in [1.165, 1.54) is 0 Å². The fourth-order valence-electron chi connectivity index (χ4n) is 1.87. The summed E-state index contributed by atoms with van der Waals surface area (Å²) in [4.78, 5) is 5.50. The molecule has 0 amide bonds. The van der Waals surface area contributed by atoms with Gasteiger partial charge in [-0.3, -0.25) is 0 Å². The van der Waals surface area contributed by atoms with E-state index in [1.54, 1.807) is 23.1 Å². The SMILES string of the molecule is CSCC(C)(O)CNCc1cnc(-c2ccc(C)o2)s1. The first kappa shape index (κ1) is 15.6. The Balaban J connectivity index is 1.87. The second-order valence-electron chi connectivity index (χ2n) is 5.08. The van der Waals surface area contributed by atoms with Gasteiger partial charge in [-0.05, 0) is 32.2 Å². The highest BCUT2D eigenvalue weighted by atomic mass is 32.2. The van der Waals surface area contributed by atoms with Crippen molar-refractivity contribution in [2.24, 2.45) is 0 Å². The van der Waals surface area contributed by atoms with Crippen LogP contribution in [-0.4, -0.2) is 34.2 Å². The number of furan rings is 1. The monoisotopic (exact) mass is 312 g/mol. The maximum absolute atomic E-state index is 10.1. The van der Waals surface area contributed by atoms with E-state index in [4.69, 9.17) is 4.42 Å². The summed E-state index contributed by atoms with van der Waals surface area (Å²) in [7, 11) is 0. The Morgan fingerprint density at radius 2 is 2.30 bits per heavy atom. The summed E-state index contributed by atoms with van der Waals surface area (Å²) < 4.78 is 5.56. The zero-order valence-electron chi connectivity index (χ0n) is 12.0. The van der Waals surface area contributed by atoms with Gasteiger partial charge in [0, 0.05) is 29.9 Å². The van der Waals surface area contributed by atoms with Crippen molar-refractivity contribution >= 4 is 23.1 Å². The van der Waals surface area contributed by atoms with Gasteiger partial charge in [-0.25, -0.2) is 4.98 Å². The van der Waals surface area contributed by atoms with Gasteiger partial charge in [0.15, 0.2) is 10.8 Å². The van der Waals surface area contributed by atoms with Crippen LogP contribution in [0.5, 0.6) is 0 Å². The molecule has 0 aliphatic heterocycles. The largest absolute Gasteiger partial charge is 0.459 e. The molecule has 0 aliphatic carbocycles. The molecule has 110 valence electrons. The molecule has 0 fully saturated rings. The molecule has 1 unspecified atom stereocenters. The molecule has 2 aromatic heterocycles. The van der Waals surface area contributed by atoms with Gasteiger partial charge in [-0.1, -0.05) is 0 Å². The highest BCUT2D eigenvalue weighted by Gasteiger charge is 2.18. The number of hydrogen-bond donors (Lipinski definition) is 2. The number of aryl methyl sites for hydroxylation is 1. The third-order valence-corrected chi connectivity index (χ3v) is 4.69. The van der Waals surface area contributed by atoms with Crippen molar-refractivity contribution < 1.29 is 9.52 Å². The van der Waals surface area contributed by atoms with Crippen molar-refractivity contribution in [3.8, 4) is 10.8 Å². The first-order chi connectivity index (χ1) is 9.50. The van der Waals surface area contributed by atoms with Crippen LogP contribution in [0.1, 0.15) is 17.6 Å². The second-order valence-corrected chi connectivity index (χ2v) is 7.06. The molecule has 2 N–H and O–H groups in total. The third kappa shape index (κ3) is 4.34. The van der Waals surface area contributed by atoms with Gasteiger partial charge in [0.05, 0.1) is 5.60 Å². The molecule has 2 rings (SSSR count). The van der Waals surface area contributed by atoms with Crippen molar-refractivity contribution in [1.29, 1.82) is 0 Å². The van der Waals surface area contributed by atoms with Crippen molar-refractivity contribution in [3.05, 3.63) is 29.0 Å². The van der Waals surface area contributed by atoms with Crippen LogP contribution in [0.15, 0.2) is 22.7 Å². The molecule has 0 aliphatic rings. The summed E-state index contributed by atoms with van der Waals surface area (Å²) in [6.45, 7) is 5.05. The maximum atomic E-state index is 10.1. The molecule has 0 radical (unpaired) electrons. The van der Waals surface area contributed by atoms with Gasteiger partial charge in [0.2, 0.25) is 0 Å². The smallest absolute Gasteiger partial charge is 0.162 e. The van der Waals surface area contributed by atoms with Crippen LogP contribution in [0.25, 0.3) is 10.8 Å². The molecule has 0 saturated heterocycles. The normalized spacial score (nSPS) is 14.4. The molecule has 0 spiro atoms. The lowest BCUT2D eigenvalue weighted by atomic mass is 10.1. The minimum absolute atomic E-state index is 0.570. The Kier molecular flexibility index (Phi) is 5.26. The van der Waals surface area contributed by atoms with E-state index >= 15 is 0 Å². The number of aliphatic hydroxyl groups is 1. The van der Waals surface area contributed by atoms with Crippen LogP contribution in [0.3, 0.4) is 0 Å². The highest BCUT2D eigenvalue weighted by molar-refractivity contribution is 7.98. The maximum Gasteiger partial charge on any atom is 0.162 e. The minimum Gasteiger partial charge on any atom is -0.459 e. The van der Waals surface area contributed by atoms with Gasteiger partial charge >= 0.3 is 0 Å². The van der Waals surface area contributed by atoms with E-state index in [1.807, 2.05) is 38.4 Å². The van der Waals surface area contributed by atoms with Gasteiger partial charge in [-0.15, -0.1) is 11.3 Å². The van der Waals surface area contributed by atoms with E-state index in [-0.39, 0.29) is 0 Å². The van der Waals surface area contributed by atoms with Crippen LogP contribution in [0.4, 0.5) is 0 Å². The summed E-state index contributed by atoms with van der Waals surface area (Å²) in [5.41, 5.74) is -0.676. The first-order valence-electron chi connectivity index (χ1n) is 6.44. The lowest BCUT2D eigenvalue weighted by molar-refractivity contribution is 0.0846. The van der Waals surface area contributed by atoms with E-state index in [9.17, 15) is 5.11 Å². The van der Waals surface area contributed by atoms with E-state index in [2.05, 4.69) is 10.3 Å². The number of aromatic nitrogens is 1. The highest BCUT2D eigenvalue weighted by Crippen LogP contribution is 2.26. The fraction of sp³-hybridized carbons (Fsp3) is 0.500. The first-order valence-corrected chi connectivity index (χ1v) is 8.65. The Bertz CT molecular complexity index is 549. The summed E-state index contributed by atoms with van der Waals surface area (Å²) in [5.74, 6) is 2.43. The summed E-state index contributed by atoms with van der Waals surface area (Å²) in [6.07, 6.45) is 3.85. The van der Waals surface area contributed by atoms with Crippen LogP contribution in [-0.2, 0) is 6.54 Å². The number of thioether (sulfide) groups is 1. The number of thiazole rings is 1. The van der Waals surface area contributed by atoms with Gasteiger partial charge < -0.3 is 14.8 Å². The third-order valence-electron chi connectivity index (χ3n) is 2.77. The predicted octanol–water partition coefficient (Wildman–Crippen LogP) is 2.92. The Morgan fingerprint density at radius 3 is 2.95 bits per heavy atom. The second kappa shape index (κ2) is 6.76. The molecular weight excluding hydrogens is 292 g/mol. The van der Waals surface area contributed by atoms with E-state index in [0.29, 0.717) is 13.1 Å². The number of rotatable bonds is 7. The molecule has 0 saturated carbocycles. The Labute approximate surface area is 127 Å². The lowest BCUT2D eigenvalue weighted by Crippen LogP contribution is -2.39. The van der Waals surface area contributed by atoms with Crippen LogP contribution >= 0.6 is 23.1 Å². The predicted molar refractivity (Wildman–Crippen MR) is 85.3 cm³/mol. The molecule has 0 bridgehead atoms. The van der Waals surface area contributed by atoms with E-state index in [0.717, 1.165) is 27.2 Å². The molecule has 20 heavy (non-hydrogen) atoms. The fourth-order valence-corrected chi connectivity index (χ4v) is 3.44. The molecular formula is C14H20N2O2S2. The van der Waals surface area contributed by atoms with Crippen molar-refractivity contribution in [1.82, 2.24) is 10.3 Å². The average molecular weight is 312 g/mol. The minimum atomic E-state index is -0.676. The van der Waals surface area contributed by atoms with Gasteiger partial charge in [0.1, 0.15) is 5.76 Å². The quantitative estimate of drug-likeness (QED) is 0.823. The van der Waals surface area contributed by atoms with Crippen molar-refractivity contribution in [2.75, 3.05) is 18.6 Å². The van der Waals surface area contributed by atoms with Crippen LogP contribution < -0.4 is 5.32 Å². The van der Waals surface area contributed by atoms with Crippen LogP contribution in [0.2, 0.25) is 0 Å². The zero-order valence-corrected chi connectivity index (χ0v) is 13.6. The van der Waals surface area contributed by atoms with Crippen LogP contribution in [0, 0.1) is 6.92 Å². The zero-order chi connectivity index (χ0) is 14.6. The van der Waals surface area contributed by atoms with E-state index < -0.39 is 5.60 Å². The Hall–Kier alpha value is -0.820. The van der Waals surface area contributed by atoms with Gasteiger partial charge in [-0.2, -0.15) is 11.8 Å². The lowest BCUT2D eigenvalue weighted by Gasteiger charge is -2.22. The molecule has 1 atom stereocenters. The topological polar surface area (TPSA) is 58.3 Å². The van der Waals surface area contributed by atoms with Crippen molar-refractivity contribution in [3.63, 3.8) is 0 Å².